The number of sulfonamides is 1. The van der Waals surface area contributed by atoms with Gasteiger partial charge in [0.2, 0.25) is 10.0 Å². The van der Waals surface area contributed by atoms with Crippen LogP contribution in [0.25, 0.3) is 0 Å². The first-order valence-corrected chi connectivity index (χ1v) is 8.22. The van der Waals surface area contributed by atoms with Gasteiger partial charge in [-0.25, -0.2) is 12.7 Å². The molecular weight excluding hydrogens is 266 g/mol. The molecule has 0 aromatic carbocycles. The molecule has 0 aliphatic carbocycles. The third-order valence-electron chi connectivity index (χ3n) is 3.55. The van der Waals surface area contributed by atoms with Gasteiger partial charge < -0.3 is 10.3 Å². The third kappa shape index (κ3) is 3.77. The fourth-order valence-corrected chi connectivity index (χ4v) is 3.94. The summed E-state index contributed by atoms with van der Waals surface area (Å²) in [5, 5.41) is 3.74. The van der Waals surface area contributed by atoms with Crippen molar-refractivity contribution in [1.29, 1.82) is 0 Å². The minimum absolute atomic E-state index is 0.0775. The Labute approximate surface area is 114 Å². The van der Waals surface area contributed by atoms with Crippen LogP contribution in [0.5, 0.6) is 0 Å². The second-order valence-corrected chi connectivity index (χ2v) is 7.07. The van der Waals surface area contributed by atoms with Gasteiger partial charge in [-0.2, -0.15) is 0 Å². The SMILES string of the molecule is Cc1cc(CS(=O)(=O)N2CCC(CCN)CC2)no1. The highest BCUT2D eigenvalue weighted by Crippen LogP contribution is 2.23. The van der Waals surface area contributed by atoms with Gasteiger partial charge in [0.25, 0.3) is 0 Å². The second kappa shape index (κ2) is 6.02. The predicted octanol–water partition coefficient (Wildman–Crippen LogP) is 0.874. The molecule has 108 valence electrons. The largest absolute Gasteiger partial charge is 0.361 e. The van der Waals surface area contributed by atoms with Gasteiger partial charge in [0.1, 0.15) is 17.2 Å². The summed E-state index contributed by atoms with van der Waals surface area (Å²) < 4.78 is 31.0. The van der Waals surface area contributed by atoms with E-state index in [-0.39, 0.29) is 5.75 Å². The lowest BCUT2D eigenvalue weighted by molar-refractivity contribution is 0.265. The first-order valence-electron chi connectivity index (χ1n) is 6.61. The summed E-state index contributed by atoms with van der Waals surface area (Å²) in [6.07, 6.45) is 2.78. The van der Waals surface area contributed by atoms with Crippen molar-refractivity contribution in [3.63, 3.8) is 0 Å². The van der Waals surface area contributed by atoms with Crippen LogP contribution in [0.15, 0.2) is 10.6 Å². The molecule has 0 unspecified atom stereocenters. The standard InChI is InChI=1S/C12H21N3O3S/c1-10-8-12(14-18-10)9-19(16,17)15-6-3-11(2-5-13)4-7-15/h8,11H,2-7,9,13H2,1H3. The number of nitrogens with two attached hydrogens (primary N) is 1. The third-order valence-corrected chi connectivity index (χ3v) is 5.36. The van der Waals surface area contributed by atoms with Crippen molar-refractivity contribution in [2.24, 2.45) is 11.7 Å². The number of aryl methyl sites for hydroxylation is 1. The minimum Gasteiger partial charge on any atom is -0.361 e. The first-order chi connectivity index (χ1) is 9.01. The molecule has 19 heavy (non-hydrogen) atoms. The number of hydrogen-bond donors (Lipinski definition) is 1. The normalized spacial score (nSPS) is 18.8. The van der Waals surface area contributed by atoms with E-state index in [1.54, 1.807) is 17.3 Å². The quantitative estimate of drug-likeness (QED) is 0.868. The van der Waals surface area contributed by atoms with Crippen molar-refractivity contribution in [2.45, 2.75) is 31.9 Å². The van der Waals surface area contributed by atoms with Crippen LogP contribution < -0.4 is 5.73 Å². The number of nitrogens with zero attached hydrogens (tertiary/aromatic N) is 2. The lowest BCUT2D eigenvalue weighted by Crippen LogP contribution is -2.39. The molecule has 6 nitrogen and oxygen atoms in total. The van der Waals surface area contributed by atoms with Crippen molar-refractivity contribution in [1.82, 2.24) is 9.46 Å². The molecule has 1 fully saturated rings. The fraction of sp³-hybridized carbons (Fsp3) is 0.750. The summed E-state index contributed by atoms with van der Waals surface area (Å²) in [5.41, 5.74) is 6.01. The highest BCUT2D eigenvalue weighted by atomic mass is 32.2. The number of hydrogen-bond acceptors (Lipinski definition) is 5. The summed E-state index contributed by atoms with van der Waals surface area (Å²) in [6.45, 7) is 3.60. The monoisotopic (exact) mass is 287 g/mol. The molecule has 0 spiro atoms. The highest BCUT2D eigenvalue weighted by Gasteiger charge is 2.28. The van der Waals surface area contributed by atoms with Crippen LogP contribution in [0.2, 0.25) is 0 Å². The van der Waals surface area contributed by atoms with E-state index in [0.717, 1.165) is 19.3 Å². The molecule has 2 rings (SSSR count). The van der Waals surface area contributed by atoms with Crippen LogP contribution in [0.1, 0.15) is 30.7 Å². The van der Waals surface area contributed by atoms with Gasteiger partial charge in [0.15, 0.2) is 0 Å². The van der Waals surface area contributed by atoms with Gasteiger partial charge in [0, 0.05) is 19.2 Å². The first kappa shape index (κ1) is 14.5. The van der Waals surface area contributed by atoms with Crippen molar-refractivity contribution >= 4 is 10.0 Å². The zero-order chi connectivity index (χ0) is 13.9. The molecule has 1 aliphatic heterocycles. The van der Waals surface area contributed by atoms with E-state index in [4.69, 9.17) is 10.3 Å². The van der Waals surface area contributed by atoms with E-state index < -0.39 is 10.0 Å². The molecule has 1 saturated heterocycles. The Morgan fingerprint density at radius 1 is 1.47 bits per heavy atom. The topological polar surface area (TPSA) is 89.4 Å². The van der Waals surface area contributed by atoms with Crippen LogP contribution in [0.3, 0.4) is 0 Å². The van der Waals surface area contributed by atoms with Crippen LogP contribution in [0.4, 0.5) is 0 Å². The smallest absolute Gasteiger partial charge is 0.219 e. The summed E-state index contributed by atoms with van der Waals surface area (Å²) in [7, 11) is -3.28. The van der Waals surface area contributed by atoms with Crippen LogP contribution in [-0.4, -0.2) is 37.5 Å². The highest BCUT2D eigenvalue weighted by molar-refractivity contribution is 7.88. The lowest BCUT2D eigenvalue weighted by Gasteiger charge is -2.30. The van der Waals surface area contributed by atoms with Crippen molar-refractivity contribution in [2.75, 3.05) is 19.6 Å². The summed E-state index contributed by atoms with van der Waals surface area (Å²) in [5.74, 6) is 1.11. The average molecular weight is 287 g/mol. The number of piperidine rings is 1. The van der Waals surface area contributed by atoms with E-state index >= 15 is 0 Å². The zero-order valence-corrected chi connectivity index (χ0v) is 12.0. The van der Waals surface area contributed by atoms with Gasteiger partial charge >= 0.3 is 0 Å². The Morgan fingerprint density at radius 2 is 2.16 bits per heavy atom. The number of rotatable bonds is 5. The molecule has 0 atom stereocenters. The molecule has 1 aliphatic rings. The summed E-state index contributed by atoms with van der Waals surface area (Å²) >= 11 is 0. The van der Waals surface area contributed by atoms with Gasteiger partial charge in [-0.15, -0.1) is 0 Å². The Hall–Kier alpha value is -0.920. The lowest BCUT2D eigenvalue weighted by atomic mass is 9.95. The predicted molar refractivity (Wildman–Crippen MR) is 71.8 cm³/mol. The molecule has 2 N–H and O–H groups in total. The Balaban J connectivity index is 1.94. The van der Waals surface area contributed by atoms with Gasteiger partial charge in [-0.1, -0.05) is 5.16 Å². The molecule has 0 saturated carbocycles. The van der Waals surface area contributed by atoms with E-state index in [9.17, 15) is 8.42 Å². The van der Waals surface area contributed by atoms with Crippen molar-refractivity contribution in [3.05, 3.63) is 17.5 Å². The molecule has 0 bridgehead atoms. The molecule has 1 aromatic heterocycles. The van der Waals surface area contributed by atoms with E-state index in [1.165, 1.54) is 0 Å². The maximum absolute atomic E-state index is 12.2. The van der Waals surface area contributed by atoms with E-state index in [2.05, 4.69) is 5.16 Å². The maximum atomic E-state index is 12.2. The van der Waals surface area contributed by atoms with Crippen molar-refractivity contribution < 1.29 is 12.9 Å². The molecular formula is C12H21N3O3S. The Bertz CT molecular complexity index is 504. The van der Waals surface area contributed by atoms with Gasteiger partial charge in [-0.05, 0) is 38.6 Å². The summed E-state index contributed by atoms with van der Waals surface area (Å²) in [4.78, 5) is 0. The van der Waals surface area contributed by atoms with Crippen molar-refractivity contribution in [3.8, 4) is 0 Å². The molecule has 0 amide bonds. The number of aromatic nitrogens is 1. The van der Waals surface area contributed by atoms with E-state index in [1.807, 2.05) is 0 Å². The van der Waals surface area contributed by atoms with E-state index in [0.29, 0.717) is 37.0 Å². The fourth-order valence-electron chi connectivity index (χ4n) is 2.48. The second-order valence-electron chi connectivity index (χ2n) is 5.10. The Kier molecular flexibility index (Phi) is 4.59. The molecule has 2 heterocycles. The molecule has 7 heteroatoms. The molecule has 0 radical (unpaired) electrons. The van der Waals surface area contributed by atoms with Crippen LogP contribution >= 0.6 is 0 Å². The summed E-state index contributed by atoms with van der Waals surface area (Å²) in [6, 6.07) is 1.67. The zero-order valence-electron chi connectivity index (χ0n) is 11.2. The van der Waals surface area contributed by atoms with Gasteiger partial charge in [0.05, 0.1) is 0 Å². The van der Waals surface area contributed by atoms with Crippen LogP contribution in [-0.2, 0) is 15.8 Å². The minimum atomic E-state index is -3.28. The average Bonchev–Trinajstić information content (AvgIpc) is 2.75. The maximum Gasteiger partial charge on any atom is 0.219 e. The Morgan fingerprint density at radius 3 is 2.68 bits per heavy atom. The molecule has 1 aromatic rings. The van der Waals surface area contributed by atoms with Crippen LogP contribution in [0, 0.1) is 12.8 Å². The van der Waals surface area contributed by atoms with Gasteiger partial charge in [-0.3, -0.25) is 0 Å².